The predicted octanol–water partition coefficient (Wildman–Crippen LogP) is 3.47. The summed E-state index contributed by atoms with van der Waals surface area (Å²) in [7, 11) is 0. The molecule has 3 rings (SSSR count). The van der Waals surface area contributed by atoms with Crippen LogP contribution in [0.5, 0.6) is 0 Å². The average molecular weight is 388 g/mol. The van der Waals surface area contributed by atoms with E-state index in [0.717, 1.165) is 11.4 Å². The molecule has 1 N–H and O–H groups in total. The Morgan fingerprint density at radius 2 is 2.04 bits per heavy atom. The quantitative estimate of drug-likeness (QED) is 0.872. The number of hydrogen-bond donors (Lipinski definition) is 1. The Morgan fingerprint density at radius 3 is 2.74 bits per heavy atom. The topological polar surface area (TPSA) is 71.5 Å². The second-order valence-electron chi connectivity index (χ2n) is 7.67. The van der Waals surface area contributed by atoms with Crippen LogP contribution < -0.4 is 5.32 Å². The highest BCUT2D eigenvalue weighted by Gasteiger charge is 2.30. The zero-order valence-electron chi connectivity index (χ0n) is 15.9. The molecular formula is C20H25N3O3S. The van der Waals surface area contributed by atoms with Crippen LogP contribution in [0.2, 0.25) is 0 Å². The first kappa shape index (κ1) is 19.4. The summed E-state index contributed by atoms with van der Waals surface area (Å²) in [6.07, 6.45) is 0.994. The van der Waals surface area contributed by atoms with Gasteiger partial charge in [0.1, 0.15) is 11.3 Å². The third-order valence-corrected chi connectivity index (χ3v) is 5.01. The van der Waals surface area contributed by atoms with Crippen LogP contribution in [0, 0.1) is 0 Å². The Morgan fingerprint density at radius 1 is 1.30 bits per heavy atom. The molecule has 0 aliphatic carbocycles. The molecule has 2 heterocycles. The first-order chi connectivity index (χ1) is 12.8. The molecule has 2 aromatic rings. The number of benzene rings is 1. The molecule has 0 bridgehead atoms. The molecule has 0 spiro atoms. The van der Waals surface area contributed by atoms with E-state index < -0.39 is 11.7 Å². The van der Waals surface area contributed by atoms with Gasteiger partial charge in [0.2, 0.25) is 0 Å². The van der Waals surface area contributed by atoms with Crippen molar-refractivity contribution in [3.8, 4) is 0 Å². The van der Waals surface area contributed by atoms with Gasteiger partial charge in [-0.15, -0.1) is 11.3 Å². The molecule has 1 aliphatic rings. The number of thiazole rings is 1. The second-order valence-corrected chi connectivity index (χ2v) is 8.61. The van der Waals surface area contributed by atoms with Gasteiger partial charge in [-0.05, 0) is 32.8 Å². The normalized spacial score (nSPS) is 17.0. The van der Waals surface area contributed by atoms with Crippen LogP contribution in [0.4, 0.5) is 4.79 Å². The number of carbonyl (C=O) groups excluding carboxylic acids is 2. The number of nitrogens with zero attached hydrogens (tertiary/aromatic N) is 2. The fraction of sp³-hybridized carbons (Fsp3) is 0.450. The van der Waals surface area contributed by atoms with Crippen LogP contribution in [-0.2, 0) is 11.2 Å². The summed E-state index contributed by atoms with van der Waals surface area (Å²) in [4.78, 5) is 30.8. The van der Waals surface area contributed by atoms with Crippen LogP contribution in [0.15, 0.2) is 35.7 Å². The van der Waals surface area contributed by atoms with Gasteiger partial charge in [0.15, 0.2) is 0 Å². The molecule has 1 atom stereocenters. The lowest BCUT2D eigenvalue weighted by molar-refractivity contribution is 0.0502. The summed E-state index contributed by atoms with van der Waals surface area (Å²) in [5.74, 6) is -0.0842. The molecule has 1 aliphatic heterocycles. The molecule has 1 fully saturated rings. The number of hydrogen-bond acceptors (Lipinski definition) is 5. The molecule has 7 heteroatoms. The Hall–Kier alpha value is -2.41. The van der Waals surface area contributed by atoms with Gasteiger partial charge in [-0.3, -0.25) is 4.79 Å². The fourth-order valence-electron chi connectivity index (χ4n) is 2.96. The predicted molar refractivity (Wildman–Crippen MR) is 105 cm³/mol. The van der Waals surface area contributed by atoms with Crippen molar-refractivity contribution < 1.29 is 14.3 Å². The summed E-state index contributed by atoms with van der Waals surface area (Å²) < 4.78 is 5.28. The van der Waals surface area contributed by atoms with Gasteiger partial charge in [-0.2, -0.15) is 0 Å². The van der Waals surface area contributed by atoms with Crippen molar-refractivity contribution in [3.63, 3.8) is 0 Å². The van der Waals surface area contributed by atoms with Crippen LogP contribution in [0.3, 0.4) is 0 Å². The number of rotatable bonds is 4. The van der Waals surface area contributed by atoms with Gasteiger partial charge in [-0.25, -0.2) is 9.78 Å². The minimum Gasteiger partial charge on any atom is -0.444 e. The average Bonchev–Trinajstić information content (AvgIpc) is 3.23. The standard InChI is InChI=1S/C20H25N3O3S/c1-20(2,3)26-19(25)21-15-9-10-23(12-15)18(24)16-13-27-17(22-16)11-14-7-5-4-6-8-14/h4-8,13,15H,9-12H2,1-3H3,(H,21,25)/t15-/m0/s1. The zero-order valence-corrected chi connectivity index (χ0v) is 16.7. The van der Waals surface area contributed by atoms with Gasteiger partial charge in [0.05, 0.1) is 11.0 Å². The third-order valence-electron chi connectivity index (χ3n) is 4.17. The van der Waals surface area contributed by atoms with Gasteiger partial charge >= 0.3 is 6.09 Å². The largest absolute Gasteiger partial charge is 0.444 e. The van der Waals surface area contributed by atoms with E-state index in [-0.39, 0.29) is 11.9 Å². The molecule has 2 amide bonds. The number of nitrogens with one attached hydrogen (secondary N) is 1. The Bertz CT molecular complexity index is 798. The molecule has 144 valence electrons. The number of likely N-dealkylation sites (tertiary alicyclic amines) is 1. The van der Waals surface area contributed by atoms with E-state index in [4.69, 9.17) is 4.74 Å². The highest BCUT2D eigenvalue weighted by Crippen LogP contribution is 2.19. The van der Waals surface area contributed by atoms with E-state index in [1.807, 2.05) is 44.4 Å². The molecule has 0 unspecified atom stereocenters. The number of ether oxygens (including phenoxy) is 1. The van der Waals surface area contributed by atoms with Gasteiger partial charge in [-0.1, -0.05) is 30.3 Å². The van der Waals surface area contributed by atoms with Crippen LogP contribution in [0.25, 0.3) is 0 Å². The van der Waals surface area contributed by atoms with E-state index >= 15 is 0 Å². The van der Waals surface area contributed by atoms with Crippen molar-refractivity contribution >= 4 is 23.3 Å². The van der Waals surface area contributed by atoms with E-state index in [2.05, 4.69) is 22.4 Å². The number of amides is 2. The molecular weight excluding hydrogens is 362 g/mol. The Labute approximate surface area is 163 Å². The fourth-order valence-corrected chi connectivity index (χ4v) is 3.76. The third kappa shape index (κ3) is 5.53. The van der Waals surface area contributed by atoms with Crippen LogP contribution in [0.1, 0.15) is 48.3 Å². The van der Waals surface area contributed by atoms with Crippen molar-refractivity contribution in [1.29, 1.82) is 0 Å². The first-order valence-electron chi connectivity index (χ1n) is 9.07. The molecule has 1 saturated heterocycles. The van der Waals surface area contributed by atoms with Crippen molar-refractivity contribution in [1.82, 2.24) is 15.2 Å². The molecule has 0 saturated carbocycles. The molecule has 0 radical (unpaired) electrons. The number of aromatic nitrogens is 1. The van der Waals surface area contributed by atoms with Crippen LogP contribution in [-0.4, -0.2) is 46.6 Å². The summed E-state index contributed by atoms with van der Waals surface area (Å²) >= 11 is 1.50. The van der Waals surface area contributed by atoms with E-state index in [1.165, 1.54) is 16.9 Å². The summed E-state index contributed by atoms with van der Waals surface area (Å²) in [6, 6.07) is 9.99. The summed E-state index contributed by atoms with van der Waals surface area (Å²) in [5.41, 5.74) is 1.12. The highest BCUT2D eigenvalue weighted by atomic mass is 32.1. The minimum absolute atomic E-state index is 0.0842. The smallest absolute Gasteiger partial charge is 0.407 e. The van der Waals surface area contributed by atoms with E-state index in [1.54, 1.807) is 4.90 Å². The first-order valence-corrected chi connectivity index (χ1v) is 9.95. The lowest BCUT2D eigenvalue weighted by atomic mass is 10.2. The van der Waals surface area contributed by atoms with E-state index in [0.29, 0.717) is 25.2 Å². The maximum Gasteiger partial charge on any atom is 0.407 e. The lowest BCUT2D eigenvalue weighted by Gasteiger charge is -2.22. The molecule has 6 nitrogen and oxygen atoms in total. The number of alkyl carbamates (subject to hydrolysis) is 1. The number of carbonyl (C=O) groups is 2. The maximum absolute atomic E-state index is 12.7. The SMILES string of the molecule is CC(C)(C)OC(=O)N[C@H]1CCN(C(=O)c2csc(Cc3ccccc3)n2)C1. The lowest BCUT2D eigenvalue weighted by Crippen LogP contribution is -2.41. The molecule has 1 aromatic carbocycles. The van der Waals surface area contributed by atoms with Gasteiger partial charge < -0.3 is 15.0 Å². The molecule has 27 heavy (non-hydrogen) atoms. The van der Waals surface area contributed by atoms with Crippen molar-refractivity contribution in [3.05, 3.63) is 52.0 Å². The second kappa shape index (κ2) is 8.08. The van der Waals surface area contributed by atoms with Crippen molar-refractivity contribution in [2.24, 2.45) is 0 Å². The van der Waals surface area contributed by atoms with Crippen molar-refractivity contribution in [2.45, 2.75) is 45.3 Å². The minimum atomic E-state index is -0.534. The zero-order chi connectivity index (χ0) is 19.4. The van der Waals surface area contributed by atoms with Gasteiger partial charge in [0, 0.05) is 24.9 Å². The highest BCUT2D eigenvalue weighted by molar-refractivity contribution is 7.09. The molecule has 1 aromatic heterocycles. The van der Waals surface area contributed by atoms with Gasteiger partial charge in [0.25, 0.3) is 5.91 Å². The maximum atomic E-state index is 12.7. The van der Waals surface area contributed by atoms with E-state index in [9.17, 15) is 9.59 Å². The monoisotopic (exact) mass is 387 g/mol. The van der Waals surface area contributed by atoms with Crippen molar-refractivity contribution in [2.75, 3.05) is 13.1 Å². The van der Waals surface area contributed by atoms with Crippen LogP contribution >= 0.6 is 11.3 Å². The summed E-state index contributed by atoms with van der Waals surface area (Å²) in [5, 5.41) is 5.57. The summed E-state index contributed by atoms with van der Waals surface area (Å²) in [6.45, 7) is 6.56. The Balaban J connectivity index is 1.54. The Kier molecular flexibility index (Phi) is 5.79.